The molecule has 1 aliphatic heterocycles. The van der Waals surface area contributed by atoms with Gasteiger partial charge in [0.2, 0.25) is 5.88 Å². The van der Waals surface area contributed by atoms with Crippen LogP contribution >= 0.6 is 0 Å². The Bertz CT molecular complexity index is 316. The van der Waals surface area contributed by atoms with E-state index < -0.39 is 0 Å². The Kier molecular flexibility index (Phi) is 2.63. The van der Waals surface area contributed by atoms with E-state index in [-0.39, 0.29) is 6.10 Å². The molecule has 14 heavy (non-hydrogen) atoms. The molecule has 1 atom stereocenters. The molecular formula is C10H15N3O. The fourth-order valence-electron chi connectivity index (χ4n) is 1.66. The maximum atomic E-state index is 5.73. The average Bonchev–Trinajstić information content (AvgIpc) is 2.51. The predicted octanol–water partition coefficient (Wildman–Crippen LogP) is 0.868. The van der Waals surface area contributed by atoms with Crippen LogP contribution in [0.2, 0.25) is 0 Å². The number of likely N-dealkylation sites (tertiary alicyclic amines) is 1. The second-order valence-electron chi connectivity index (χ2n) is 3.73. The molecule has 1 aromatic rings. The van der Waals surface area contributed by atoms with E-state index in [0.717, 1.165) is 25.3 Å². The van der Waals surface area contributed by atoms with Crippen LogP contribution in [-0.2, 0) is 0 Å². The third kappa shape index (κ3) is 2.20. The first-order valence-corrected chi connectivity index (χ1v) is 4.89. The number of rotatable bonds is 2. The number of hydrogen-bond donors (Lipinski definition) is 0. The highest BCUT2D eigenvalue weighted by Gasteiger charge is 2.21. The van der Waals surface area contributed by atoms with Crippen LogP contribution < -0.4 is 4.74 Å². The maximum Gasteiger partial charge on any atom is 0.216 e. The van der Waals surface area contributed by atoms with Gasteiger partial charge in [0.1, 0.15) is 11.9 Å². The van der Waals surface area contributed by atoms with Crippen LogP contribution in [-0.4, -0.2) is 41.1 Å². The highest BCUT2D eigenvalue weighted by atomic mass is 16.5. The zero-order valence-electron chi connectivity index (χ0n) is 8.60. The number of aromatic nitrogens is 2. The molecule has 0 amide bonds. The van der Waals surface area contributed by atoms with Gasteiger partial charge in [-0.3, -0.25) is 0 Å². The fraction of sp³-hybridized carbons (Fsp3) is 0.600. The molecule has 0 radical (unpaired) electrons. The third-order valence-electron chi connectivity index (χ3n) is 2.39. The first-order chi connectivity index (χ1) is 6.74. The molecule has 0 spiro atoms. The predicted molar refractivity (Wildman–Crippen MR) is 53.3 cm³/mol. The van der Waals surface area contributed by atoms with Gasteiger partial charge in [-0.15, -0.1) is 0 Å². The molecule has 1 aromatic heterocycles. The van der Waals surface area contributed by atoms with Crippen LogP contribution in [0.5, 0.6) is 5.88 Å². The SMILES string of the molecule is Cc1nccc(OC2CCN(C)C2)n1. The van der Waals surface area contributed by atoms with E-state index in [1.54, 1.807) is 6.20 Å². The van der Waals surface area contributed by atoms with Gasteiger partial charge < -0.3 is 9.64 Å². The Morgan fingerprint density at radius 2 is 2.43 bits per heavy atom. The van der Waals surface area contributed by atoms with Crippen molar-refractivity contribution in [1.29, 1.82) is 0 Å². The summed E-state index contributed by atoms with van der Waals surface area (Å²) in [5, 5.41) is 0. The van der Waals surface area contributed by atoms with Crippen molar-refractivity contribution in [3.63, 3.8) is 0 Å². The van der Waals surface area contributed by atoms with Crippen LogP contribution in [0.4, 0.5) is 0 Å². The Morgan fingerprint density at radius 3 is 3.07 bits per heavy atom. The summed E-state index contributed by atoms with van der Waals surface area (Å²) >= 11 is 0. The van der Waals surface area contributed by atoms with E-state index in [1.165, 1.54) is 0 Å². The number of likely N-dealkylation sites (N-methyl/N-ethyl adjacent to an activating group) is 1. The van der Waals surface area contributed by atoms with Gasteiger partial charge >= 0.3 is 0 Å². The van der Waals surface area contributed by atoms with Crippen LogP contribution in [0.25, 0.3) is 0 Å². The lowest BCUT2D eigenvalue weighted by molar-refractivity contribution is 0.199. The number of hydrogen-bond acceptors (Lipinski definition) is 4. The number of aryl methyl sites for hydroxylation is 1. The molecule has 1 unspecified atom stereocenters. The fourth-order valence-corrected chi connectivity index (χ4v) is 1.66. The Labute approximate surface area is 83.9 Å². The van der Waals surface area contributed by atoms with E-state index in [2.05, 4.69) is 21.9 Å². The highest BCUT2D eigenvalue weighted by molar-refractivity contribution is 5.08. The highest BCUT2D eigenvalue weighted by Crippen LogP contribution is 2.14. The smallest absolute Gasteiger partial charge is 0.216 e. The molecule has 76 valence electrons. The topological polar surface area (TPSA) is 38.2 Å². The molecule has 0 aromatic carbocycles. The van der Waals surface area contributed by atoms with E-state index >= 15 is 0 Å². The Morgan fingerprint density at radius 1 is 1.57 bits per heavy atom. The summed E-state index contributed by atoms with van der Waals surface area (Å²) in [4.78, 5) is 10.5. The second kappa shape index (κ2) is 3.92. The van der Waals surface area contributed by atoms with E-state index in [9.17, 15) is 0 Å². The minimum atomic E-state index is 0.286. The molecule has 4 heteroatoms. The standard InChI is InChI=1S/C10H15N3O/c1-8-11-5-3-10(12-8)14-9-4-6-13(2)7-9/h3,5,9H,4,6-7H2,1-2H3. The van der Waals surface area contributed by atoms with Crippen LogP contribution in [0, 0.1) is 6.92 Å². The molecular weight excluding hydrogens is 178 g/mol. The van der Waals surface area contributed by atoms with Crippen molar-refractivity contribution in [2.75, 3.05) is 20.1 Å². The van der Waals surface area contributed by atoms with Crippen molar-refractivity contribution < 1.29 is 4.74 Å². The lowest BCUT2D eigenvalue weighted by Gasteiger charge is -2.12. The first kappa shape index (κ1) is 9.40. The lowest BCUT2D eigenvalue weighted by atomic mass is 10.3. The van der Waals surface area contributed by atoms with Crippen LogP contribution in [0.3, 0.4) is 0 Å². The van der Waals surface area contributed by atoms with Gasteiger partial charge in [-0.05, 0) is 20.4 Å². The van der Waals surface area contributed by atoms with Crippen molar-refractivity contribution >= 4 is 0 Å². The molecule has 4 nitrogen and oxygen atoms in total. The van der Waals surface area contributed by atoms with E-state index in [0.29, 0.717) is 5.88 Å². The summed E-state index contributed by atoms with van der Waals surface area (Å²) in [6, 6.07) is 1.81. The zero-order chi connectivity index (χ0) is 9.97. The Balaban J connectivity index is 1.97. The van der Waals surface area contributed by atoms with Crippen LogP contribution in [0.1, 0.15) is 12.2 Å². The van der Waals surface area contributed by atoms with Gasteiger partial charge in [-0.25, -0.2) is 4.98 Å². The van der Waals surface area contributed by atoms with Crippen molar-refractivity contribution in [1.82, 2.24) is 14.9 Å². The number of nitrogens with zero attached hydrogens (tertiary/aromatic N) is 3. The first-order valence-electron chi connectivity index (χ1n) is 4.89. The molecule has 2 heterocycles. The Hall–Kier alpha value is -1.16. The molecule has 0 bridgehead atoms. The lowest BCUT2D eigenvalue weighted by Crippen LogP contribution is -2.21. The van der Waals surface area contributed by atoms with Gasteiger partial charge in [-0.1, -0.05) is 0 Å². The van der Waals surface area contributed by atoms with E-state index in [1.807, 2.05) is 13.0 Å². The molecule has 1 saturated heterocycles. The van der Waals surface area contributed by atoms with Gasteiger partial charge in [-0.2, -0.15) is 4.98 Å². The molecule has 0 aliphatic carbocycles. The summed E-state index contributed by atoms with van der Waals surface area (Å²) in [5.41, 5.74) is 0. The molecule has 1 fully saturated rings. The maximum absolute atomic E-state index is 5.73. The van der Waals surface area contributed by atoms with Crippen molar-refractivity contribution in [2.24, 2.45) is 0 Å². The normalized spacial score (nSPS) is 22.6. The largest absolute Gasteiger partial charge is 0.473 e. The molecule has 1 aliphatic rings. The zero-order valence-corrected chi connectivity index (χ0v) is 8.60. The summed E-state index contributed by atoms with van der Waals surface area (Å²) in [6.07, 6.45) is 3.10. The minimum absolute atomic E-state index is 0.286. The third-order valence-corrected chi connectivity index (χ3v) is 2.39. The minimum Gasteiger partial charge on any atom is -0.473 e. The quantitative estimate of drug-likeness (QED) is 0.698. The number of ether oxygens (including phenoxy) is 1. The summed E-state index contributed by atoms with van der Waals surface area (Å²) in [6.45, 7) is 3.96. The van der Waals surface area contributed by atoms with Gasteiger partial charge in [0.15, 0.2) is 0 Å². The summed E-state index contributed by atoms with van der Waals surface area (Å²) in [5.74, 6) is 1.45. The monoisotopic (exact) mass is 193 g/mol. The second-order valence-corrected chi connectivity index (χ2v) is 3.73. The molecule has 0 saturated carbocycles. The van der Waals surface area contributed by atoms with Crippen molar-refractivity contribution in [3.8, 4) is 5.88 Å². The summed E-state index contributed by atoms with van der Waals surface area (Å²) < 4.78 is 5.73. The van der Waals surface area contributed by atoms with Crippen molar-refractivity contribution in [3.05, 3.63) is 18.1 Å². The molecule has 0 N–H and O–H groups in total. The van der Waals surface area contributed by atoms with Crippen LogP contribution in [0.15, 0.2) is 12.3 Å². The van der Waals surface area contributed by atoms with E-state index in [4.69, 9.17) is 4.74 Å². The summed E-state index contributed by atoms with van der Waals surface area (Å²) in [7, 11) is 2.11. The molecule has 2 rings (SSSR count). The average molecular weight is 193 g/mol. The van der Waals surface area contributed by atoms with Gasteiger partial charge in [0.05, 0.1) is 0 Å². The van der Waals surface area contributed by atoms with Gasteiger partial charge in [0.25, 0.3) is 0 Å². The van der Waals surface area contributed by atoms with Crippen molar-refractivity contribution in [2.45, 2.75) is 19.4 Å². The van der Waals surface area contributed by atoms with Gasteiger partial charge in [0, 0.05) is 25.4 Å².